The summed E-state index contributed by atoms with van der Waals surface area (Å²) in [6.45, 7) is 6.53. The molecule has 0 radical (unpaired) electrons. The zero-order chi connectivity index (χ0) is 20.1. The molecule has 2 heterocycles. The maximum atomic E-state index is 12.4. The summed E-state index contributed by atoms with van der Waals surface area (Å²) in [5, 5.41) is 10.2. The van der Waals surface area contributed by atoms with Gasteiger partial charge in [-0.15, -0.1) is 10.2 Å². The lowest BCUT2D eigenvalue weighted by molar-refractivity contribution is -0.118. The molecule has 1 aromatic heterocycles. The van der Waals surface area contributed by atoms with Crippen molar-refractivity contribution in [2.24, 2.45) is 5.92 Å². The Bertz CT molecular complexity index is 927. The molecule has 8 nitrogen and oxygen atoms in total. The molecule has 0 aliphatic carbocycles. The highest BCUT2D eigenvalue weighted by molar-refractivity contribution is 7.91. The Morgan fingerprint density at radius 1 is 1.25 bits per heavy atom. The number of anilines is 1. The van der Waals surface area contributed by atoms with Crippen molar-refractivity contribution in [3.8, 4) is 0 Å². The van der Waals surface area contributed by atoms with E-state index in [9.17, 15) is 13.2 Å². The van der Waals surface area contributed by atoms with Crippen LogP contribution in [-0.4, -0.2) is 49.1 Å². The van der Waals surface area contributed by atoms with Gasteiger partial charge >= 0.3 is 0 Å². The molecule has 28 heavy (non-hydrogen) atoms. The van der Waals surface area contributed by atoms with Crippen molar-refractivity contribution in [2.45, 2.75) is 37.6 Å². The van der Waals surface area contributed by atoms with Gasteiger partial charge in [0.1, 0.15) is 0 Å². The minimum absolute atomic E-state index is 0.140. The number of carbonyl (C=O) groups is 1. The van der Waals surface area contributed by atoms with Gasteiger partial charge in [0.25, 0.3) is 10.0 Å². The molecule has 10 heteroatoms. The van der Waals surface area contributed by atoms with E-state index in [0.29, 0.717) is 13.0 Å². The van der Waals surface area contributed by atoms with Crippen LogP contribution in [0.3, 0.4) is 0 Å². The minimum atomic E-state index is -3.72. The number of benzene rings is 1. The Labute approximate surface area is 169 Å². The third-order valence-electron chi connectivity index (χ3n) is 4.54. The Morgan fingerprint density at radius 3 is 2.75 bits per heavy atom. The number of nitrogens with one attached hydrogen (secondary N) is 2. The quantitative estimate of drug-likeness (QED) is 0.496. The molecule has 1 aromatic carbocycles. The van der Waals surface area contributed by atoms with Crippen molar-refractivity contribution >= 4 is 32.4 Å². The van der Waals surface area contributed by atoms with Gasteiger partial charge in [0.2, 0.25) is 15.4 Å². The van der Waals surface area contributed by atoms with Crippen LogP contribution in [0.2, 0.25) is 0 Å². The molecule has 0 bridgehead atoms. The lowest BCUT2D eigenvalue weighted by Crippen LogP contribution is -2.33. The number of nitrogens with zero attached hydrogens (tertiary/aromatic N) is 3. The molecule has 0 atom stereocenters. The maximum Gasteiger partial charge on any atom is 0.269 e. The van der Waals surface area contributed by atoms with E-state index in [2.05, 4.69) is 49.4 Å². The summed E-state index contributed by atoms with van der Waals surface area (Å²) < 4.78 is 27.1. The first kappa shape index (κ1) is 20.8. The monoisotopic (exact) mass is 423 g/mol. The van der Waals surface area contributed by atoms with E-state index >= 15 is 0 Å². The SMILES string of the molecule is CC(C)C(=O)Nc1nnc(S(=O)(=O)NCCCN2CCc3ccccc3C2)s1. The fourth-order valence-electron chi connectivity index (χ4n) is 2.93. The van der Waals surface area contributed by atoms with Crippen LogP contribution in [0.25, 0.3) is 0 Å². The van der Waals surface area contributed by atoms with Crippen molar-refractivity contribution < 1.29 is 13.2 Å². The Morgan fingerprint density at radius 2 is 2.00 bits per heavy atom. The highest BCUT2D eigenvalue weighted by atomic mass is 32.2. The number of hydrogen-bond acceptors (Lipinski definition) is 7. The zero-order valence-corrected chi connectivity index (χ0v) is 17.6. The third kappa shape index (κ3) is 5.34. The largest absolute Gasteiger partial charge is 0.300 e. The van der Waals surface area contributed by atoms with Crippen LogP contribution in [-0.2, 0) is 27.8 Å². The van der Waals surface area contributed by atoms with Crippen LogP contribution in [0.5, 0.6) is 0 Å². The number of amides is 1. The van der Waals surface area contributed by atoms with E-state index in [4.69, 9.17) is 0 Å². The van der Waals surface area contributed by atoms with Gasteiger partial charge in [0, 0.05) is 25.6 Å². The van der Waals surface area contributed by atoms with E-state index in [1.54, 1.807) is 13.8 Å². The van der Waals surface area contributed by atoms with Gasteiger partial charge in [-0.25, -0.2) is 13.1 Å². The molecule has 0 saturated carbocycles. The van der Waals surface area contributed by atoms with Crippen LogP contribution in [0, 0.1) is 5.92 Å². The normalized spacial score (nSPS) is 14.8. The Kier molecular flexibility index (Phi) is 6.76. The number of carbonyl (C=O) groups excluding carboxylic acids is 1. The van der Waals surface area contributed by atoms with E-state index in [0.717, 1.165) is 37.4 Å². The fourth-order valence-corrected chi connectivity index (χ4v) is 4.95. The maximum absolute atomic E-state index is 12.4. The third-order valence-corrected chi connectivity index (χ3v) is 7.21. The van der Waals surface area contributed by atoms with Gasteiger partial charge < -0.3 is 5.32 Å². The summed E-state index contributed by atoms with van der Waals surface area (Å²) in [5.74, 6) is -0.444. The van der Waals surface area contributed by atoms with Gasteiger partial charge in [0.15, 0.2) is 0 Å². The smallest absolute Gasteiger partial charge is 0.269 e. The molecule has 1 aliphatic rings. The van der Waals surface area contributed by atoms with E-state index in [-0.39, 0.29) is 21.3 Å². The average Bonchev–Trinajstić information content (AvgIpc) is 3.14. The van der Waals surface area contributed by atoms with Crippen molar-refractivity contribution in [3.05, 3.63) is 35.4 Å². The first-order chi connectivity index (χ1) is 13.3. The summed E-state index contributed by atoms with van der Waals surface area (Å²) in [4.78, 5) is 14.0. The number of fused-ring (bicyclic) bond motifs is 1. The second-order valence-electron chi connectivity index (χ2n) is 7.06. The molecule has 0 fully saturated rings. The molecule has 1 amide bonds. The minimum Gasteiger partial charge on any atom is -0.300 e. The lowest BCUT2D eigenvalue weighted by atomic mass is 10.00. The first-order valence-electron chi connectivity index (χ1n) is 9.28. The van der Waals surface area contributed by atoms with Gasteiger partial charge in [-0.2, -0.15) is 0 Å². The first-order valence-corrected chi connectivity index (χ1v) is 11.6. The van der Waals surface area contributed by atoms with Crippen molar-refractivity contribution in [1.29, 1.82) is 0 Å². The van der Waals surface area contributed by atoms with Crippen molar-refractivity contribution in [1.82, 2.24) is 19.8 Å². The number of hydrogen-bond donors (Lipinski definition) is 2. The molecule has 0 saturated heterocycles. The molecule has 2 N–H and O–H groups in total. The molecule has 0 unspecified atom stereocenters. The molecular formula is C18H25N5O3S2. The molecule has 2 aromatic rings. The number of aromatic nitrogens is 2. The van der Waals surface area contributed by atoms with E-state index in [1.807, 2.05) is 0 Å². The van der Waals surface area contributed by atoms with Crippen molar-refractivity contribution in [2.75, 3.05) is 25.0 Å². The molecule has 152 valence electrons. The summed E-state index contributed by atoms with van der Waals surface area (Å²) >= 11 is 0.849. The van der Waals surface area contributed by atoms with Gasteiger partial charge in [-0.05, 0) is 30.5 Å². The lowest BCUT2D eigenvalue weighted by Gasteiger charge is -2.28. The van der Waals surface area contributed by atoms with E-state index < -0.39 is 10.0 Å². The molecule has 1 aliphatic heterocycles. The average molecular weight is 424 g/mol. The van der Waals surface area contributed by atoms with Crippen molar-refractivity contribution in [3.63, 3.8) is 0 Å². The summed E-state index contributed by atoms with van der Waals surface area (Å²) in [6.07, 6.45) is 1.73. The molecule has 3 rings (SSSR count). The van der Waals surface area contributed by atoms with Crippen LogP contribution in [0.1, 0.15) is 31.4 Å². The van der Waals surface area contributed by atoms with Crippen LogP contribution >= 0.6 is 11.3 Å². The van der Waals surface area contributed by atoms with E-state index in [1.165, 1.54) is 11.1 Å². The van der Waals surface area contributed by atoms with Crippen LogP contribution < -0.4 is 10.0 Å². The molecular weight excluding hydrogens is 398 g/mol. The summed E-state index contributed by atoms with van der Waals surface area (Å²) in [6, 6.07) is 8.43. The Hall–Kier alpha value is -1.88. The van der Waals surface area contributed by atoms with Crippen LogP contribution in [0.4, 0.5) is 5.13 Å². The van der Waals surface area contributed by atoms with Gasteiger partial charge in [0.05, 0.1) is 0 Å². The second kappa shape index (κ2) is 9.08. The summed E-state index contributed by atoms with van der Waals surface area (Å²) in [5.41, 5.74) is 2.75. The van der Waals surface area contributed by atoms with Gasteiger partial charge in [-0.1, -0.05) is 49.4 Å². The van der Waals surface area contributed by atoms with Crippen LogP contribution in [0.15, 0.2) is 28.6 Å². The second-order valence-corrected chi connectivity index (χ2v) is 9.98. The molecule has 0 spiro atoms. The highest BCUT2D eigenvalue weighted by Gasteiger charge is 2.21. The highest BCUT2D eigenvalue weighted by Crippen LogP contribution is 2.21. The predicted octanol–water partition coefficient (Wildman–Crippen LogP) is 1.86. The fraction of sp³-hybridized carbons (Fsp3) is 0.500. The standard InChI is InChI=1S/C18H25N5O3S2/c1-13(2)16(24)20-17-21-22-18(27-17)28(25,26)19-9-5-10-23-11-8-14-6-3-4-7-15(14)12-23/h3-4,6-7,13,19H,5,8-12H2,1-2H3,(H,20,21,24). The number of sulfonamides is 1. The summed E-state index contributed by atoms with van der Waals surface area (Å²) in [7, 11) is -3.72. The topological polar surface area (TPSA) is 104 Å². The Balaban J connectivity index is 1.46. The predicted molar refractivity (Wildman–Crippen MR) is 109 cm³/mol. The van der Waals surface area contributed by atoms with Gasteiger partial charge in [-0.3, -0.25) is 9.69 Å². The zero-order valence-electron chi connectivity index (χ0n) is 16.0. The number of rotatable bonds is 8.